The number of hydrogen-bond donors (Lipinski definition) is 0. The van der Waals surface area contributed by atoms with Crippen molar-refractivity contribution in [2.45, 2.75) is 6.18 Å². The van der Waals surface area contributed by atoms with E-state index in [2.05, 4.69) is 17.7 Å². The standard InChI is InChI=1S/C9H4F3IN2O2/c10-9(11,12)6-3-5(1-2-7(6)17-13)8-14-4-16-15-8/h1-4H. The minimum Gasteiger partial charge on any atom is -0.427 e. The van der Waals surface area contributed by atoms with Gasteiger partial charge in [-0.15, -0.1) is 0 Å². The summed E-state index contributed by atoms with van der Waals surface area (Å²) in [5, 5.41) is 3.47. The van der Waals surface area contributed by atoms with E-state index in [1.54, 1.807) is 0 Å². The molecule has 0 saturated heterocycles. The highest BCUT2D eigenvalue weighted by Gasteiger charge is 2.35. The van der Waals surface area contributed by atoms with Crippen molar-refractivity contribution in [1.29, 1.82) is 0 Å². The van der Waals surface area contributed by atoms with Gasteiger partial charge in [-0.3, -0.25) is 0 Å². The number of alkyl halides is 3. The predicted molar refractivity (Wildman–Crippen MR) is 59.4 cm³/mol. The Morgan fingerprint density at radius 3 is 2.59 bits per heavy atom. The second-order valence-corrected chi connectivity index (χ2v) is 3.48. The summed E-state index contributed by atoms with van der Waals surface area (Å²) in [6, 6.07) is 3.55. The lowest BCUT2D eigenvalue weighted by molar-refractivity contribution is -0.138. The summed E-state index contributed by atoms with van der Waals surface area (Å²) in [4.78, 5) is 3.68. The van der Waals surface area contributed by atoms with Crippen LogP contribution in [0.15, 0.2) is 29.1 Å². The van der Waals surface area contributed by atoms with Crippen LogP contribution in [0, 0.1) is 0 Å². The first-order valence-corrected chi connectivity index (χ1v) is 5.17. The average Bonchev–Trinajstić information content (AvgIpc) is 2.80. The van der Waals surface area contributed by atoms with Gasteiger partial charge in [-0.1, -0.05) is 5.16 Å². The molecule has 0 aliphatic heterocycles. The molecule has 0 radical (unpaired) electrons. The largest absolute Gasteiger partial charge is 0.427 e. The summed E-state index contributed by atoms with van der Waals surface area (Å²) < 4.78 is 47.2. The fraction of sp³-hybridized carbons (Fsp3) is 0.111. The van der Waals surface area contributed by atoms with Crippen molar-refractivity contribution >= 4 is 23.0 Å². The van der Waals surface area contributed by atoms with Crippen molar-refractivity contribution < 1.29 is 20.8 Å². The Morgan fingerprint density at radius 1 is 1.29 bits per heavy atom. The second kappa shape index (κ2) is 4.51. The SMILES string of the molecule is FC(F)(F)c1cc(-c2ncon2)ccc1OI. The van der Waals surface area contributed by atoms with Crippen molar-refractivity contribution in [2.24, 2.45) is 0 Å². The van der Waals surface area contributed by atoms with Gasteiger partial charge in [-0.05, 0) is 18.2 Å². The summed E-state index contributed by atoms with van der Waals surface area (Å²) in [6.45, 7) is 0. The zero-order chi connectivity index (χ0) is 12.5. The molecule has 0 amide bonds. The summed E-state index contributed by atoms with van der Waals surface area (Å²) in [5.74, 6) is -0.166. The minimum atomic E-state index is -4.50. The van der Waals surface area contributed by atoms with E-state index in [1.165, 1.54) is 35.1 Å². The lowest BCUT2D eigenvalue weighted by Gasteiger charge is -2.11. The van der Waals surface area contributed by atoms with Crippen molar-refractivity contribution in [1.82, 2.24) is 10.1 Å². The molecule has 2 aromatic rings. The highest BCUT2D eigenvalue weighted by Crippen LogP contribution is 2.38. The Kier molecular flexibility index (Phi) is 3.22. The maximum Gasteiger partial charge on any atom is 0.420 e. The molecule has 0 bridgehead atoms. The Morgan fingerprint density at radius 2 is 2.06 bits per heavy atom. The maximum atomic E-state index is 12.7. The van der Waals surface area contributed by atoms with Gasteiger partial charge in [0, 0.05) is 5.56 Å². The van der Waals surface area contributed by atoms with E-state index in [9.17, 15) is 13.2 Å². The third-order valence-electron chi connectivity index (χ3n) is 1.99. The van der Waals surface area contributed by atoms with E-state index in [-0.39, 0.29) is 17.1 Å². The van der Waals surface area contributed by atoms with E-state index < -0.39 is 11.7 Å². The number of rotatable bonds is 2. The quantitative estimate of drug-likeness (QED) is 0.774. The number of benzene rings is 1. The normalized spacial score (nSPS) is 11.5. The number of halogens is 4. The van der Waals surface area contributed by atoms with Gasteiger partial charge >= 0.3 is 6.18 Å². The number of hydrogen-bond acceptors (Lipinski definition) is 4. The molecule has 8 heteroatoms. The minimum absolute atomic E-state index is 0.0931. The van der Waals surface area contributed by atoms with Crippen molar-refractivity contribution in [3.63, 3.8) is 0 Å². The van der Waals surface area contributed by atoms with Crippen LogP contribution in [0.25, 0.3) is 11.4 Å². The van der Waals surface area contributed by atoms with Crippen molar-refractivity contribution in [2.75, 3.05) is 0 Å². The molecular weight excluding hydrogens is 352 g/mol. The Bertz CT molecular complexity index is 513. The smallest absolute Gasteiger partial charge is 0.420 e. The first kappa shape index (κ1) is 12.1. The molecule has 0 fully saturated rings. The van der Waals surface area contributed by atoms with Crippen LogP contribution in [-0.4, -0.2) is 10.1 Å². The highest BCUT2D eigenvalue weighted by atomic mass is 127. The first-order valence-electron chi connectivity index (χ1n) is 4.29. The van der Waals surface area contributed by atoms with Crippen LogP contribution in [0.2, 0.25) is 0 Å². The van der Waals surface area contributed by atoms with Gasteiger partial charge < -0.3 is 7.59 Å². The zero-order valence-corrected chi connectivity index (χ0v) is 10.2. The van der Waals surface area contributed by atoms with Gasteiger partial charge in [-0.2, -0.15) is 18.2 Å². The molecular formula is C9H4F3IN2O2. The van der Waals surface area contributed by atoms with E-state index in [1.807, 2.05) is 0 Å². The summed E-state index contributed by atoms with van der Waals surface area (Å²) in [5.41, 5.74) is -0.669. The van der Waals surface area contributed by atoms with E-state index in [4.69, 9.17) is 0 Å². The molecule has 1 aromatic heterocycles. The summed E-state index contributed by atoms with van der Waals surface area (Å²) in [6.07, 6.45) is -3.45. The van der Waals surface area contributed by atoms with Crippen LogP contribution in [-0.2, 0) is 6.18 Å². The van der Waals surface area contributed by atoms with Gasteiger partial charge in [0.1, 0.15) is 5.75 Å². The third-order valence-corrected chi connectivity index (χ3v) is 2.46. The summed E-state index contributed by atoms with van der Waals surface area (Å²) >= 11 is 1.39. The van der Waals surface area contributed by atoms with Crippen molar-refractivity contribution in [3.05, 3.63) is 30.2 Å². The number of aromatic nitrogens is 2. The van der Waals surface area contributed by atoms with E-state index in [0.29, 0.717) is 0 Å². The molecule has 0 spiro atoms. The van der Waals surface area contributed by atoms with Crippen molar-refractivity contribution in [3.8, 4) is 17.1 Å². The van der Waals surface area contributed by atoms with Gasteiger partial charge in [0.15, 0.2) is 23.0 Å². The Balaban J connectivity index is 2.53. The maximum absolute atomic E-state index is 12.7. The Hall–Kier alpha value is -1.32. The predicted octanol–water partition coefficient (Wildman–Crippen LogP) is 3.48. The fourth-order valence-electron chi connectivity index (χ4n) is 1.26. The topological polar surface area (TPSA) is 48.2 Å². The molecule has 0 aliphatic rings. The lowest BCUT2D eigenvalue weighted by Crippen LogP contribution is -2.06. The molecule has 90 valence electrons. The van der Waals surface area contributed by atoms with Crippen LogP contribution < -0.4 is 3.07 Å². The average molecular weight is 356 g/mol. The molecule has 0 N–H and O–H groups in total. The van der Waals surface area contributed by atoms with Crippen LogP contribution in [0.1, 0.15) is 5.56 Å². The Labute approximate surface area is 107 Å². The van der Waals surface area contributed by atoms with Crippen LogP contribution in [0.3, 0.4) is 0 Å². The monoisotopic (exact) mass is 356 g/mol. The fourth-order valence-corrected chi connectivity index (χ4v) is 1.64. The van der Waals surface area contributed by atoms with E-state index in [0.717, 1.165) is 12.5 Å². The van der Waals surface area contributed by atoms with Crippen LogP contribution >= 0.6 is 23.0 Å². The lowest BCUT2D eigenvalue weighted by atomic mass is 10.1. The molecule has 0 atom stereocenters. The van der Waals surface area contributed by atoms with Gasteiger partial charge in [0.05, 0.1) is 5.56 Å². The molecule has 1 aromatic carbocycles. The van der Waals surface area contributed by atoms with E-state index >= 15 is 0 Å². The van der Waals surface area contributed by atoms with Gasteiger partial charge in [-0.25, -0.2) is 0 Å². The van der Waals surface area contributed by atoms with Gasteiger partial charge in [0.2, 0.25) is 12.2 Å². The van der Waals surface area contributed by atoms with Crippen LogP contribution in [0.4, 0.5) is 13.2 Å². The molecule has 0 saturated carbocycles. The first-order chi connectivity index (χ1) is 8.02. The summed E-state index contributed by atoms with van der Waals surface area (Å²) in [7, 11) is 0. The molecule has 0 aliphatic carbocycles. The zero-order valence-electron chi connectivity index (χ0n) is 8.03. The molecule has 0 unspecified atom stereocenters. The molecule has 4 nitrogen and oxygen atoms in total. The second-order valence-electron chi connectivity index (χ2n) is 3.04. The molecule has 1 heterocycles. The molecule has 17 heavy (non-hydrogen) atoms. The number of nitrogens with zero attached hydrogens (tertiary/aromatic N) is 2. The highest BCUT2D eigenvalue weighted by molar-refractivity contribution is 14.1. The molecule has 2 rings (SSSR count). The van der Waals surface area contributed by atoms with Gasteiger partial charge in [0.25, 0.3) is 0 Å². The third kappa shape index (κ3) is 2.51. The van der Waals surface area contributed by atoms with Crippen LogP contribution in [0.5, 0.6) is 5.75 Å².